The van der Waals surface area contributed by atoms with Crippen LogP contribution in [0.4, 0.5) is 0 Å². The van der Waals surface area contributed by atoms with Crippen LogP contribution in [0.3, 0.4) is 0 Å². The van der Waals surface area contributed by atoms with Crippen LogP contribution in [0.1, 0.15) is 79.4 Å². The predicted octanol–water partition coefficient (Wildman–Crippen LogP) is 9.88. The molecule has 0 spiro atoms. The fourth-order valence-corrected chi connectivity index (χ4v) is 9.04. The third-order valence-electron chi connectivity index (χ3n) is 10.3. The summed E-state index contributed by atoms with van der Waals surface area (Å²) >= 11 is 0. The Kier molecular flexibility index (Phi) is 7.10. The first kappa shape index (κ1) is 25.8. The molecule has 4 aliphatic rings. The Bertz CT molecular complexity index is 1390. The Morgan fingerprint density at radius 1 is 0.675 bits per heavy atom. The van der Waals surface area contributed by atoms with Crippen molar-refractivity contribution in [2.45, 2.75) is 76.4 Å². The molecular formula is C39H42O. The zero-order valence-electron chi connectivity index (χ0n) is 23.9. The number of hydrogen-bond donors (Lipinski definition) is 0. The van der Waals surface area contributed by atoms with Gasteiger partial charge in [0.15, 0.2) is 0 Å². The molecule has 0 aliphatic heterocycles. The molecule has 4 aromatic carbocycles. The van der Waals surface area contributed by atoms with Gasteiger partial charge >= 0.3 is 0 Å². The minimum Gasteiger partial charge on any atom is -0.368 e. The van der Waals surface area contributed by atoms with Gasteiger partial charge in [-0.25, -0.2) is 0 Å². The summed E-state index contributed by atoms with van der Waals surface area (Å²) in [5, 5.41) is 0. The van der Waals surface area contributed by atoms with E-state index in [1.54, 1.807) is 11.1 Å². The van der Waals surface area contributed by atoms with E-state index in [4.69, 9.17) is 4.74 Å². The summed E-state index contributed by atoms with van der Waals surface area (Å²) in [7, 11) is 0. The number of hydrogen-bond acceptors (Lipinski definition) is 1. The summed E-state index contributed by atoms with van der Waals surface area (Å²) in [6.07, 6.45) is 10.6. The predicted molar refractivity (Wildman–Crippen MR) is 165 cm³/mol. The molecule has 0 N–H and O–H groups in total. The number of ether oxygens (including phenoxy) is 1. The highest BCUT2D eigenvalue weighted by Gasteiger charge is 2.52. The zero-order valence-corrected chi connectivity index (χ0v) is 23.9. The van der Waals surface area contributed by atoms with Crippen LogP contribution in [0.15, 0.2) is 103 Å². The van der Waals surface area contributed by atoms with E-state index in [-0.39, 0.29) is 6.10 Å². The average Bonchev–Trinajstić information content (AvgIpc) is 2.99. The van der Waals surface area contributed by atoms with Crippen LogP contribution in [-0.4, -0.2) is 0 Å². The van der Waals surface area contributed by atoms with E-state index >= 15 is 0 Å². The van der Waals surface area contributed by atoms with Crippen molar-refractivity contribution in [2.24, 2.45) is 17.8 Å². The second-order valence-electron chi connectivity index (χ2n) is 12.9. The molecular weight excluding hydrogens is 484 g/mol. The number of benzene rings is 4. The molecule has 1 heteroatoms. The van der Waals surface area contributed by atoms with E-state index in [0.717, 1.165) is 30.6 Å². The molecule has 40 heavy (non-hydrogen) atoms. The molecule has 0 saturated heterocycles. The molecule has 1 nitrogen and oxygen atoms in total. The fraction of sp³-hybridized carbons (Fsp3) is 0.385. The maximum Gasteiger partial charge on any atom is 0.0875 e. The van der Waals surface area contributed by atoms with Gasteiger partial charge in [-0.2, -0.15) is 0 Å². The topological polar surface area (TPSA) is 9.23 Å². The van der Waals surface area contributed by atoms with Gasteiger partial charge in [-0.05, 0) is 107 Å². The molecule has 0 aromatic heterocycles. The highest BCUT2D eigenvalue weighted by atomic mass is 16.5. The first-order valence-corrected chi connectivity index (χ1v) is 15.6. The molecule has 4 aliphatic carbocycles. The lowest BCUT2D eigenvalue weighted by Gasteiger charge is -2.57. The van der Waals surface area contributed by atoms with Crippen LogP contribution >= 0.6 is 0 Å². The fourth-order valence-electron chi connectivity index (χ4n) is 9.04. The molecule has 1 atom stereocenters. The van der Waals surface area contributed by atoms with E-state index in [1.807, 2.05) is 0 Å². The Labute approximate surface area is 240 Å². The van der Waals surface area contributed by atoms with Gasteiger partial charge in [0.2, 0.25) is 0 Å². The van der Waals surface area contributed by atoms with E-state index in [2.05, 4.69) is 110 Å². The van der Waals surface area contributed by atoms with Crippen molar-refractivity contribution in [1.82, 2.24) is 0 Å². The summed E-state index contributed by atoms with van der Waals surface area (Å²) in [6, 6.07) is 37.7. The van der Waals surface area contributed by atoms with Crippen LogP contribution in [0, 0.1) is 17.8 Å². The summed E-state index contributed by atoms with van der Waals surface area (Å²) in [5.41, 5.74) is 10.3. The third kappa shape index (κ3) is 4.94. The molecule has 0 radical (unpaired) electrons. The Morgan fingerprint density at radius 2 is 1.23 bits per heavy atom. The molecule has 0 amide bonds. The quantitative estimate of drug-likeness (QED) is 0.211. The lowest BCUT2D eigenvalue weighted by molar-refractivity contribution is -0.00562. The van der Waals surface area contributed by atoms with E-state index in [0.29, 0.717) is 12.0 Å². The van der Waals surface area contributed by atoms with Crippen molar-refractivity contribution < 1.29 is 4.74 Å². The van der Waals surface area contributed by atoms with Crippen LogP contribution in [0.2, 0.25) is 0 Å². The molecule has 204 valence electrons. The Morgan fingerprint density at radius 3 is 1.80 bits per heavy atom. The highest BCUT2D eigenvalue weighted by Crippen LogP contribution is 2.61. The first-order chi connectivity index (χ1) is 19.7. The summed E-state index contributed by atoms with van der Waals surface area (Å²) < 4.78 is 6.87. The van der Waals surface area contributed by atoms with E-state index in [9.17, 15) is 0 Å². The first-order valence-electron chi connectivity index (χ1n) is 15.6. The van der Waals surface area contributed by atoms with Crippen LogP contribution < -0.4 is 0 Å². The van der Waals surface area contributed by atoms with E-state index in [1.165, 1.54) is 66.3 Å². The maximum absolute atomic E-state index is 6.87. The highest BCUT2D eigenvalue weighted by molar-refractivity contribution is 5.74. The maximum atomic E-state index is 6.87. The minimum absolute atomic E-state index is 0.0199. The molecule has 4 saturated carbocycles. The van der Waals surface area contributed by atoms with Crippen molar-refractivity contribution in [2.75, 3.05) is 0 Å². The molecule has 1 unspecified atom stereocenters. The molecule has 0 heterocycles. The van der Waals surface area contributed by atoms with Gasteiger partial charge in [-0.3, -0.25) is 0 Å². The van der Waals surface area contributed by atoms with Crippen molar-refractivity contribution in [3.63, 3.8) is 0 Å². The molecule has 4 fully saturated rings. The van der Waals surface area contributed by atoms with Crippen molar-refractivity contribution in [3.8, 4) is 11.1 Å². The standard InChI is InChI=1S/C39H42O/c1-2-34-36(39-24-30-20-31(25-39)22-32(21-30)26-39)19-18-35(38(34)33-16-10-5-11-17-33)37(23-28-12-6-3-7-13-28)40-27-29-14-8-4-9-15-29/h3-19,30-32,37H,2,20-27H2,1H3. The monoisotopic (exact) mass is 526 g/mol. The van der Waals surface area contributed by atoms with Gasteiger partial charge in [0.25, 0.3) is 0 Å². The van der Waals surface area contributed by atoms with Gasteiger partial charge in [0.05, 0.1) is 12.7 Å². The average molecular weight is 527 g/mol. The lowest BCUT2D eigenvalue weighted by atomic mass is 9.47. The van der Waals surface area contributed by atoms with Gasteiger partial charge < -0.3 is 4.74 Å². The normalized spacial score (nSPS) is 25.7. The Hall–Kier alpha value is -3.16. The number of rotatable bonds is 9. The zero-order chi connectivity index (χ0) is 26.9. The van der Waals surface area contributed by atoms with Crippen LogP contribution in [-0.2, 0) is 29.6 Å². The second kappa shape index (κ2) is 11.0. The SMILES string of the molecule is CCc1c(C23CC4CC(CC(C4)C2)C3)ccc(C(Cc2ccccc2)OCc2ccccc2)c1-c1ccccc1. The third-order valence-corrected chi connectivity index (χ3v) is 10.3. The smallest absolute Gasteiger partial charge is 0.0875 e. The van der Waals surface area contributed by atoms with Gasteiger partial charge in [0.1, 0.15) is 0 Å². The van der Waals surface area contributed by atoms with Gasteiger partial charge in [-0.15, -0.1) is 0 Å². The molecule has 4 aromatic rings. The van der Waals surface area contributed by atoms with E-state index < -0.39 is 0 Å². The van der Waals surface area contributed by atoms with Crippen LogP contribution in [0.25, 0.3) is 11.1 Å². The minimum atomic E-state index is -0.0199. The van der Waals surface area contributed by atoms with Crippen molar-refractivity contribution in [1.29, 1.82) is 0 Å². The second-order valence-corrected chi connectivity index (χ2v) is 12.9. The lowest BCUT2D eigenvalue weighted by Crippen LogP contribution is -2.49. The largest absolute Gasteiger partial charge is 0.368 e. The van der Waals surface area contributed by atoms with Crippen molar-refractivity contribution in [3.05, 3.63) is 131 Å². The van der Waals surface area contributed by atoms with Gasteiger partial charge in [0, 0.05) is 6.42 Å². The molecule has 8 rings (SSSR count). The molecule has 4 bridgehead atoms. The Balaban J connectivity index is 1.35. The van der Waals surface area contributed by atoms with Gasteiger partial charge in [-0.1, -0.05) is 110 Å². The summed E-state index contributed by atoms with van der Waals surface area (Å²) in [4.78, 5) is 0. The summed E-state index contributed by atoms with van der Waals surface area (Å²) in [6.45, 7) is 3.00. The van der Waals surface area contributed by atoms with Crippen LogP contribution in [0.5, 0.6) is 0 Å². The van der Waals surface area contributed by atoms with Crippen molar-refractivity contribution >= 4 is 0 Å². The summed E-state index contributed by atoms with van der Waals surface area (Å²) in [5.74, 6) is 2.82.